The van der Waals surface area contributed by atoms with Crippen LogP contribution in [0.4, 0.5) is 0 Å². The lowest BCUT2D eigenvalue weighted by Crippen LogP contribution is -2.33. The van der Waals surface area contributed by atoms with Crippen molar-refractivity contribution in [1.82, 2.24) is 0 Å². The molecular weight excluding hydrogens is 238 g/mol. The van der Waals surface area contributed by atoms with E-state index in [4.69, 9.17) is 0 Å². The summed E-state index contributed by atoms with van der Waals surface area (Å²) in [6.45, 7) is 10.3. The van der Waals surface area contributed by atoms with Gasteiger partial charge in [-0.2, -0.15) is 0 Å². The molecule has 3 heteroatoms. The molecule has 0 saturated heterocycles. The van der Waals surface area contributed by atoms with Gasteiger partial charge in [-0.1, -0.05) is 27.7 Å². The van der Waals surface area contributed by atoms with E-state index in [1.807, 2.05) is 13.8 Å². The lowest BCUT2D eigenvalue weighted by Gasteiger charge is -2.32. The Labute approximate surface area is 116 Å². The molecule has 0 aliphatic heterocycles. The third-order valence-electron chi connectivity index (χ3n) is 3.59. The highest BCUT2D eigenvalue weighted by Crippen LogP contribution is 2.36. The lowest BCUT2D eigenvalue weighted by molar-refractivity contribution is -0.117. The second-order valence-electron chi connectivity index (χ2n) is 6.35. The van der Waals surface area contributed by atoms with Crippen molar-refractivity contribution in [3.63, 3.8) is 0 Å². The molecule has 0 bridgehead atoms. The fraction of sp³-hybridized carbons (Fsp3) is 0.750. The van der Waals surface area contributed by atoms with Crippen molar-refractivity contribution >= 4 is 11.5 Å². The first-order valence-electron chi connectivity index (χ1n) is 7.33. The summed E-state index contributed by atoms with van der Waals surface area (Å²) < 4.78 is 0. The molecule has 1 unspecified atom stereocenters. The highest BCUT2D eigenvalue weighted by Gasteiger charge is 2.36. The molecule has 1 aliphatic rings. The van der Waals surface area contributed by atoms with Crippen LogP contribution in [0.2, 0.25) is 0 Å². The van der Waals surface area contributed by atoms with E-state index in [1.54, 1.807) is 0 Å². The highest BCUT2D eigenvalue weighted by molar-refractivity contribution is 6.24. The Morgan fingerprint density at radius 2 is 2.00 bits per heavy atom. The maximum atomic E-state index is 12.3. The second-order valence-corrected chi connectivity index (χ2v) is 6.35. The van der Waals surface area contributed by atoms with Crippen molar-refractivity contribution in [2.45, 2.75) is 72.8 Å². The number of aliphatic imine (C=N–C) groups is 1. The number of hydrogen-bond acceptors (Lipinski definition) is 3. The normalized spacial score (nSPS) is 25.5. The van der Waals surface area contributed by atoms with Gasteiger partial charge in [-0.25, -0.2) is 0 Å². The summed E-state index contributed by atoms with van der Waals surface area (Å²) in [5.41, 5.74) is 1.25. The number of hydrogen-bond donors (Lipinski definition) is 1. The number of ketones is 1. The van der Waals surface area contributed by atoms with E-state index < -0.39 is 0 Å². The molecule has 1 N–H and O–H groups in total. The fourth-order valence-electron chi connectivity index (χ4n) is 2.44. The van der Waals surface area contributed by atoms with Crippen LogP contribution in [0.25, 0.3) is 0 Å². The number of carbonyl (C=O) groups is 1. The van der Waals surface area contributed by atoms with Gasteiger partial charge in [0.1, 0.15) is 5.76 Å². The number of nitrogens with zero attached hydrogens (tertiary/aromatic N) is 1. The predicted octanol–water partition coefficient (Wildman–Crippen LogP) is 4.23. The number of aliphatic hydroxyl groups excluding tert-OH is 1. The molecular formula is C16H27NO2. The van der Waals surface area contributed by atoms with Crippen molar-refractivity contribution in [3.8, 4) is 0 Å². The number of carbonyl (C=O) groups excluding carboxylic acids is 1. The van der Waals surface area contributed by atoms with E-state index in [-0.39, 0.29) is 23.0 Å². The molecule has 0 amide bonds. The van der Waals surface area contributed by atoms with Crippen LogP contribution in [-0.2, 0) is 4.79 Å². The number of allylic oxidation sites excluding steroid dienone is 2. The molecule has 1 atom stereocenters. The molecule has 1 rings (SSSR count). The molecule has 1 saturated carbocycles. The van der Waals surface area contributed by atoms with Crippen LogP contribution in [0.5, 0.6) is 0 Å². The Morgan fingerprint density at radius 3 is 2.53 bits per heavy atom. The first-order chi connectivity index (χ1) is 8.80. The zero-order valence-electron chi connectivity index (χ0n) is 12.9. The topological polar surface area (TPSA) is 49.7 Å². The quantitative estimate of drug-likeness (QED) is 0.611. The first-order valence-corrected chi connectivity index (χ1v) is 7.33. The molecule has 1 aliphatic carbocycles. The van der Waals surface area contributed by atoms with Crippen molar-refractivity contribution in [2.75, 3.05) is 0 Å². The summed E-state index contributed by atoms with van der Waals surface area (Å²) in [5.74, 6) is 0.273. The van der Waals surface area contributed by atoms with Gasteiger partial charge in [0.15, 0.2) is 5.78 Å². The summed E-state index contributed by atoms with van der Waals surface area (Å²) >= 11 is 0. The van der Waals surface area contributed by atoms with Crippen LogP contribution in [0, 0.1) is 5.41 Å². The minimum absolute atomic E-state index is 0.0456. The minimum Gasteiger partial charge on any atom is -0.511 e. The van der Waals surface area contributed by atoms with Crippen molar-refractivity contribution in [2.24, 2.45) is 10.4 Å². The SMILES string of the molecule is CCCC(O)=C1C(=O)CC(C)(C)CC1=NC(C)CC. The van der Waals surface area contributed by atoms with Crippen molar-refractivity contribution in [3.05, 3.63) is 11.3 Å². The first kappa shape index (κ1) is 15.9. The summed E-state index contributed by atoms with van der Waals surface area (Å²) in [6, 6.07) is 0.195. The Hall–Kier alpha value is -1.12. The third-order valence-corrected chi connectivity index (χ3v) is 3.59. The van der Waals surface area contributed by atoms with Gasteiger partial charge < -0.3 is 5.11 Å². The van der Waals surface area contributed by atoms with Crippen LogP contribution in [0.3, 0.4) is 0 Å². The van der Waals surface area contributed by atoms with E-state index in [0.717, 1.165) is 25.0 Å². The zero-order chi connectivity index (χ0) is 14.6. The van der Waals surface area contributed by atoms with Gasteiger partial charge in [0.25, 0.3) is 0 Å². The largest absolute Gasteiger partial charge is 0.511 e. The lowest BCUT2D eigenvalue weighted by atomic mass is 9.73. The summed E-state index contributed by atoms with van der Waals surface area (Å²) in [6.07, 6.45) is 3.60. The minimum atomic E-state index is -0.0562. The van der Waals surface area contributed by atoms with Gasteiger partial charge in [-0.3, -0.25) is 9.79 Å². The molecule has 0 heterocycles. The molecule has 0 aromatic carbocycles. The van der Waals surface area contributed by atoms with Crippen LogP contribution in [0.1, 0.15) is 66.7 Å². The smallest absolute Gasteiger partial charge is 0.168 e. The number of rotatable bonds is 4. The van der Waals surface area contributed by atoms with Gasteiger partial charge in [-0.05, 0) is 31.6 Å². The predicted molar refractivity (Wildman–Crippen MR) is 79.8 cm³/mol. The maximum Gasteiger partial charge on any atom is 0.168 e. The van der Waals surface area contributed by atoms with Crippen LogP contribution >= 0.6 is 0 Å². The van der Waals surface area contributed by atoms with Gasteiger partial charge in [0.05, 0.1) is 5.57 Å². The molecule has 108 valence electrons. The van der Waals surface area contributed by atoms with E-state index >= 15 is 0 Å². The second kappa shape index (κ2) is 6.36. The van der Waals surface area contributed by atoms with E-state index in [2.05, 4.69) is 25.8 Å². The van der Waals surface area contributed by atoms with Crippen LogP contribution in [-0.4, -0.2) is 22.6 Å². The fourth-order valence-corrected chi connectivity index (χ4v) is 2.44. The third kappa shape index (κ3) is 4.19. The van der Waals surface area contributed by atoms with Crippen molar-refractivity contribution < 1.29 is 9.90 Å². The summed E-state index contributed by atoms with van der Waals surface area (Å²) in [7, 11) is 0. The molecule has 0 spiro atoms. The monoisotopic (exact) mass is 265 g/mol. The average molecular weight is 265 g/mol. The van der Waals surface area contributed by atoms with Crippen LogP contribution in [0.15, 0.2) is 16.3 Å². The zero-order valence-corrected chi connectivity index (χ0v) is 12.9. The Morgan fingerprint density at radius 1 is 1.37 bits per heavy atom. The number of Topliss-reactive ketones (excluding diaryl/α,β-unsaturated/α-hetero) is 1. The van der Waals surface area contributed by atoms with E-state index in [0.29, 0.717) is 18.4 Å². The van der Waals surface area contributed by atoms with E-state index in [9.17, 15) is 9.90 Å². The summed E-state index contributed by atoms with van der Waals surface area (Å²) in [5, 5.41) is 10.1. The number of aliphatic hydroxyl groups is 1. The molecule has 19 heavy (non-hydrogen) atoms. The van der Waals surface area contributed by atoms with Crippen LogP contribution < -0.4 is 0 Å². The molecule has 0 radical (unpaired) electrons. The van der Waals surface area contributed by atoms with Gasteiger partial charge in [-0.15, -0.1) is 0 Å². The van der Waals surface area contributed by atoms with Gasteiger partial charge in [0.2, 0.25) is 0 Å². The average Bonchev–Trinajstić information content (AvgIpc) is 2.26. The standard InChI is InChI=1S/C16H27NO2/c1-6-8-13(18)15-12(17-11(3)7-2)9-16(4,5)10-14(15)19/h11,18H,6-10H2,1-5H3. The highest BCUT2D eigenvalue weighted by atomic mass is 16.3. The molecule has 0 aromatic rings. The summed E-state index contributed by atoms with van der Waals surface area (Å²) in [4.78, 5) is 17.0. The van der Waals surface area contributed by atoms with E-state index in [1.165, 1.54) is 0 Å². The Kier molecular flexibility index (Phi) is 5.33. The van der Waals surface area contributed by atoms with Gasteiger partial charge in [0, 0.05) is 24.6 Å². The molecule has 3 nitrogen and oxygen atoms in total. The van der Waals surface area contributed by atoms with Crippen molar-refractivity contribution in [1.29, 1.82) is 0 Å². The molecule has 0 aromatic heterocycles. The molecule has 1 fully saturated rings. The maximum absolute atomic E-state index is 12.3. The Bertz CT molecular complexity index is 405. The van der Waals surface area contributed by atoms with Gasteiger partial charge >= 0.3 is 0 Å². The Balaban J connectivity index is 3.20.